The van der Waals surface area contributed by atoms with Crippen molar-refractivity contribution in [2.24, 2.45) is 0 Å². The molecule has 0 aliphatic rings. The van der Waals surface area contributed by atoms with Gasteiger partial charge in [-0.05, 0) is 81.0 Å². The number of esters is 1. The van der Waals surface area contributed by atoms with Gasteiger partial charge < -0.3 is 14.0 Å². The molecule has 1 aromatic heterocycles. The van der Waals surface area contributed by atoms with E-state index in [0.29, 0.717) is 19.4 Å². The molecule has 4 aromatic rings. The van der Waals surface area contributed by atoms with Gasteiger partial charge in [-0.1, -0.05) is 42.5 Å². The predicted octanol–water partition coefficient (Wildman–Crippen LogP) is 6.70. The SMILES string of the molecule is CCOC(=O)CCc1ccc2c(c1)c(CCc1ccccc1)cn2-c1cccc(OC(C)C)c1. The van der Waals surface area contributed by atoms with Crippen molar-refractivity contribution < 1.29 is 14.3 Å². The molecule has 4 rings (SSSR count). The molecule has 4 nitrogen and oxygen atoms in total. The summed E-state index contributed by atoms with van der Waals surface area (Å²) in [6.07, 6.45) is 5.36. The Morgan fingerprint density at radius 3 is 2.47 bits per heavy atom. The lowest BCUT2D eigenvalue weighted by Gasteiger charge is -2.12. The van der Waals surface area contributed by atoms with E-state index in [1.165, 1.54) is 16.5 Å². The lowest BCUT2D eigenvalue weighted by molar-refractivity contribution is -0.143. The van der Waals surface area contributed by atoms with Crippen molar-refractivity contribution in [3.05, 3.63) is 95.7 Å². The summed E-state index contributed by atoms with van der Waals surface area (Å²) in [6, 6.07) is 25.3. The molecule has 3 aromatic carbocycles. The molecule has 0 aliphatic carbocycles. The van der Waals surface area contributed by atoms with Crippen molar-refractivity contribution in [3.63, 3.8) is 0 Å². The van der Waals surface area contributed by atoms with E-state index in [1.54, 1.807) is 0 Å². The van der Waals surface area contributed by atoms with Crippen LogP contribution in [0.3, 0.4) is 0 Å². The fraction of sp³-hybridized carbons (Fsp3) is 0.300. The molecule has 0 aliphatic heterocycles. The molecule has 4 heteroatoms. The van der Waals surface area contributed by atoms with Gasteiger partial charge in [-0.15, -0.1) is 0 Å². The quantitative estimate of drug-likeness (QED) is 0.250. The molecule has 0 radical (unpaired) electrons. The van der Waals surface area contributed by atoms with Gasteiger partial charge in [-0.25, -0.2) is 0 Å². The summed E-state index contributed by atoms with van der Waals surface area (Å²) in [5.41, 5.74) is 6.01. The third-order valence-electron chi connectivity index (χ3n) is 5.87. The summed E-state index contributed by atoms with van der Waals surface area (Å²) in [7, 11) is 0. The van der Waals surface area contributed by atoms with Crippen LogP contribution in [0.2, 0.25) is 0 Å². The van der Waals surface area contributed by atoms with Crippen LogP contribution in [0, 0.1) is 0 Å². The monoisotopic (exact) mass is 455 g/mol. The second-order valence-corrected chi connectivity index (χ2v) is 8.83. The van der Waals surface area contributed by atoms with Crippen LogP contribution in [0.25, 0.3) is 16.6 Å². The van der Waals surface area contributed by atoms with Crippen LogP contribution >= 0.6 is 0 Å². The van der Waals surface area contributed by atoms with Gasteiger partial charge >= 0.3 is 5.97 Å². The van der Waals surface area contributed by atoms with Crippen LogP contribution in [0.5, 0.6) is 5.75 Å². The Kier molecular flexibility index (Phi) is 7.69. The molecule has 0 N–H and O–H groups in total. The molecule has 0 saturated heterocycles. The number of aromatic nitrogens is 1. The number of hydrogen-bond acceptors (Lipinski definition) is 3. The zero-order valence-electron chi connectivity index (χ0n) is 20.3. The average Bonchev–Trinajstić information content (AvgIpc) is 3.20. The Balaban J connectivity index is 1.68. The molecule has 34 heavy (non-hydrogen) atoms. The molecule has 1 heterocycles. The van der Waals surface area contributed by atoms with Gasteiger partial charge in [0.25, 0.3) is 0 Å². The van der Waals surface area contributed by atoms with Crippen molar-refractivity contribution >= 4 is 16.9 Å². The first-order valence-corrected chi connectivity index (χ1v) is 12.1. The number of carbonyl (C=O) groups is 1. The second kappa shape index (κ2) is 11.1. The van der Waals surface area contributed by atoms with Crippen molar-refractivity contribution in [1.29, 1.82) is 0 Å². The summed E-state index contributed by atoms with van der Waals surface area (Å²) in [5.74, 6) is 0.720. The largest absolute Gasteiger partial charge is 0.491 e. The van der Waals surface area contributed by atoms with Gasteiger partial charge in [0.05, 0.1) is 18.2 Å². The molecule has 0 fully saturated rings. The highest BCUT2D eigenvalue weighted by Gasteiger charge is 2.13. The minimum atomic E-state index is -0.147. The van der Waals surface area contributed by atoms with E-state index in [2.05, 4.69) is 71.4 Å². The number of carbonyl (C=O) groups excluding carboxylic acids is 1. The maximum atomic E-state index is 11.9. The standard InChI is InChI=1S/C30H33NO3/c1-4-33-30(32)18-15-24-14-17-29-28(19-24)25(16-13-23-9-6-5-7-10-23)21-31(29)26-11-8-12-27(20-26)34-22(2)3/h5-12,14,17,19-22H,4,13,15-16,18H2,1-3H3. The Labute approximate surface area is 202 Å². The highest BCUT2D eigenvalue weighted by Crippen LogP contribution is 2.29. The predicted molar refractivity (Wildman–Crippen MR) is 138 cm³/mol. The fourth-order valence-corrected chi connectivity index (χ4v) is 4.30. The number of hydrogen-bond donors (Lipinski definition) is 0. The molecule has 0 unspecified atom stereocenters. The number of aryl methyl sites for hydroxylation is 3. The molecule has 0 amide bonds. The molecular formula is C30H33NO3. The Bertz CT molecular complexity index is 1240. The Hall–Kier alpha value is -3.53. The van der Waals surface area contributed by atoms with Gasteiger partial charge in [-0.2, -0.15) is 0 Å². The lowest BCUT2D eigenvalue weighted by atomic mass is 10.0. The molecule has 0 saturated carbocycles. The number of benzene rings is 3. The Morgan fingerprint density at radius 2 is 1.71 bits per heavy atom. The van der Waals surface area contributed by atoms with Crippen molar-refractivity contribution in [3.8, 4) is 11.4 Å². The van der Waals surface area contributed by atoms with E-state index >= 15 is 0 Å². The first-order chi connectivity index (χ1) is 16.5. The third kappa shape index (κ3) is 5.88. The van der Waals surface area contributed by atoms with E-state index in [4.69, 9.17) is 9.47 Å². The van der Waals surface area contributed by atoms with Crippen molar-refractivity contribution in [2.45, 2.75) is 52.6 Å². The average molecular weight is 456 g/mol. The van der Waals surface area contributed by atoms with E-state index in [9.17, 15) is 4.79 Å². The summed E-state index contributed by atoms with van der Waals surface area (Å²) in [5, 5.41) is 1.23. The van der Waals surface area contributed by atoms with E-state index < -0.39 is 0 Å². The highest BCUT2D eigenvalue weighted by atomic mass is 16.5. The van der Waals surface area contributed by atoms with E-state index in [0.717, 1.165) is 35.4 Å². The van der Waals surface area contributed by atoms with Crippen LogP contribution in [0.15, 0.2) is 79.0 Å². The maximum absolute atomic E-state index is 11.9. The number of rotatable bonds is 10. The second-order valence-electron chi connectivity index (χ2n) is 8.83. The van der Waals surface area contributed by atoms with E-state index in [1.807, 2.05) is 32.9 Å². The molecule has 176 valence electrons. The maximum Gasteiger partial charge on any atom is 0.306 e. The fourth-order valence-electron chi connectivity index (χ4n) is 4.30. The van der Waals surface area contributed by atoms with Gasteiger partial charge in [0, 0.05) is 29.8 Å². The summed E-state index contributed by atoms with van der Waals surface area (Å²) >= 11 is 0. The van der Waals surface area contributed by atoms with Gasteiger partial charge in [0.2, 0.25) is 0 Å². The summed E-state index contributed by atoms with van der Waals surface area (Å²) in [4.78, 5) is 11.9. The van der Waals surface area contributed by atoms with Crippen molar-refractivity contribution in [2.75, 3.05) is 6.61 Å². The third-order valence-corrected chi connectivity index (χ3v) is 5.87. The van der Waals surface area contributed by atoms with Crippen LogP contribution in [0.4, 0.5) is 0 Å². The van der Waals surface area contributed by atoms with Crippen LogP contribution in [0.1, 0.15) is 43.9 Å². The number of fused-ring (bicyclic) bond motifs is 1. The highest BCUT2D eigenvalue weighted by molar-refractivity contribution is 5.86. The van der Waals surface area contributed by atoms with Gasteiger partial charge in [0.15, 0.2) is 0 Å². The van der Waals surface area contributed by atoms with Gasteiger partial charge in [0.1, 0.15) is 5.75 Å². The zero-order chi connectivity index (χ0) is 23.9. The number of nitrogens with zero attached hydrogens (tertiary/aromatic N) is 1. The first-order valence-electron chi connectivity index (χ1n) is 12.1. The first kappa shape index (κ1) is 23.6. The lowest BCUT2D eigenvalue weighted by Crippen LogP contribution is -2.05. The normalized spacial score (nSPS) is 11.2. The Morgan fingerprint density at radius 1 is 0.882 bits per heavy atom. The minimum absolute atomic E-state index is 0.125. The van der Waals surface area contributed by atoms with Crippen LogP contribution in [-0.2, 0) is 28.8 Å². The topological polar surface area (TPSA) is 40.5 Å². The molecule has 0 atom stereocenters. The smallest absolute Gasteiger partial charge is 0.306 e. The van der Waals surface area contributed by atoms with Crippen LogP contribution < -0.4 is 4.74 Å². The molecular weight excluding hydrogens is 422 g/mol. The molecule has 0 bridgehead atoms. The van der Waals surface area contributed by atoms with Gasteiger partial charge in [-0.3, -0.25) is 4.79 Å². The van der Waals surface area contributed by atoms with Crippen molar-refractivity contribution in [1.82, 2.24) is 4.57 Å². The van der Waals surface area contributed by atoms with E-state index in [-0.39, 0.29) is 12.1 Å². The minimum Gasteiger partial charge on any atom is -0.491 e. The summed E-state index contributed by atoms with van der Waals surface area (Å²) < 4.78 is 13.3. The zero-order valence-corrected chi connectivity index (χ0v) is 20.3. The van der Waals surface area contributed by atoms with Crippen LogP contribution in [-0.4, -0.2) is 23.2 Å². The molecule has 0 spiro atoms. The number of ether oxygens (including phenoxy) is 2. The summed E-state index contributed by atoms with van der Waals surface area (Å²) in [6.45, 7) is 6.34.